The fourth-order valence-electron chi connectivity index (χ4n) is 4.58. The molecule has 2 fully saturated rings. The van der Waals surface area contributed by atoms with Crippen LogP contribution in [0.15, 0.2) is 30.5 Å². The number of aryl methyl sites for hydroxylation is 1. The molecule has 25 heavy (non-hydrogen) atoms. The first-order chi connectivity index (χ1) is 12.1. The van der Waals surface area contributed by atoms with Gasteiger partial charge in [0, 0.05) is 38.1 Å². The topological polar surface area (TPSA) is 36.4 Å². The van der Waals surface area contributed by atoms with Gasteiger partial charge in [0.25, 0.3) is 0 Å². The first-order valence-electron chi connectivity index (χ1n) is 9.36. The SMILES string of the molecule is Cc1ccc(CN2CCC3(CCC(=O)N(C)C3)CC2)c2cccnc12. The van der Waals surface area contributed by atoms with Gasteiger partial charge in [-0.05, 0) is 61.9 Å². The largest absolute Gasteiger partial charge is 0.345 e. The number of aromatic nitrogens is 1. The number of hydrogen-bond acceptors (Lipinski definition) is 3. The summed E-state index contributed by atoms with van der Waals surface area (Å²) in [5.74, 6) is 0.312. The fraction of sp³-hybridized carbons (Fsp3) is 0.524. The molecular formula is C21H27N3O. The molecule has 1 aromatic carbocycles. The highest BCUT2D eigenvalue weighted by Gasteiger charge is 2.39. The highest BCUT2D eigenvalue weighted by Crippen LogP contribution is 2.40. The Hall–Kier alpha value is -1.94. The van der Waals surface area contributed by atoms with Crippen LogP contribution in [0.2, 0.25) is 0 Å². The number of benzene rings is 1. The predicted octanol–water partition coefficient (Wildman–Crippen LogP) is 3.38. The lowest BCUT2D eigenvalue weighted by molar-refractivity contribution is -0.137. The number of likely N-dealkylation sites (tertiary alicyclic amines) is 2. The smallest absolute Gasteiger partial charge is 0.222 e. The third kappa shape index (κ3) is 3.15. The second kappa shape index (κ2) is 6.41. The van der Waals surface area contributed by atoms with E-state index in [0.29, 0.717) is 11.3 Å². The lowest BCUT2D eigenvalue weighted by Gasteiger charge is -2.46. The normalized spacial score (nSPS) is 21.2. The Kier molecular flexibility index (Phi) is 4.24. The third-order valence-electron chi connectivity index (χ3n) is 6.24. The van der Waals surface area contributed by atoms with E-state index in [0.717, 1.165) is 44.5 Å². The number of hydrogen-bond donors (Lipinski definition) is 0. The minimum atomic E-state index is 0.312. The maximum atomic E-state index is 11.8. The Morgan fingerprint density at radius 3 is 2.72 bits per heavy atom. The fourth-order valence-corrected chi connectivity index (χ4v) is 4.58. The van der Waals surface area contributed by atoms with Crippen molar-refractivity contribution in [2.24, 2.45) is 5.41 Å². The number of carbonyl (C=O) groups excluding carboxylic acids is 1. The first-order valence-corrected chi connectivity index (χ1v) is 9.36. The number of rotatable bonds is 2. The lowest BCUT2D eigenvalue weighted by atomic mass is 9.72. The Morgan fingerprint density at radius 2 is 1.96 bits per heavy atom. The van der Waals surface area contributed by atoms with E-state index < -0.39 is 0 Å². The molecule has 4 rings (SSSR count). The summed E-state index contributed by atoms with van der Waals surface area (Å²) in [5.41, 5.74) is 4.10. The molecular weight excluding hydrogens is 310 g/mol. The van der Waals surface area contributed by atoms with Crippen molar-refractivity contribution in [1.29, 1.82) is 0 Å². The molecule has 4 heteroatoms. The van der Waals surface area contributed by atoms with Crippen molar-refractivity contribution in [1.82, 2.24) is 14.8 Å². The van der Waals surface area contributed by atoms with Crippen LogP contribution < -0.4 is 0 Å². The Labute approximate surface area is 149 Å². The summed E-state index contributed by atoms with van der Waals surface area (Å²) >= 11 is 0. The quantitative estimate of drug-likeness (QED) is 0.843. The third-order valence-corrected chi connectivity index (χ3v) is 6.24. The van der Waals surface area contributed by atoms with Gasteiger partial charge < -0.3 is 4.90 Å². The van der Waals surface area contributed by atoms with E-state index in [1.165, 1.54) is 29.4 Å². The molecule has 0 saturated carbocycles. The van der Waals surface area contributed by atoms with Crippen LogP contribution in [-0.2, 0) is 11.3 Å². The predicted molar refractivity (Wildman–Crippen MR) is 100 cm³/mol. The van der Waals surface area contributed by atoms with Gasteiger partial charge in [-0.3, -0.25) is 14.7 Å². The molecule has 0 aliphatic carbocycles. The molecule has 4 nitrogen and oxygen atoms in total. The summed E-state index contributed by atoms with van der Waals surface area (Å²) in [4.78, 5) is 20.9. The molecule has 2 aliphatic heterocycles. The molecule has 1 spiro atoms. The van der Waals surface area contributed by atoms with Gasteiger partial charge >= 0.3 is 0 Å². The highest BCUT2D eigenvalue weighted by molar-refractivity contribution is 5.84. The number of carbonyl (C=O) groups is 1. The Morgan fingerprint density at radius 1 is 1.16 bits per heavy atom. The number of fused-ring (bicyclic) bond motifs is 1. The van der Waals surface area contributed by atoms with E-state index in [9.17, 15) is 4.79 Å². The molecule has 0 N–H and O–H groups in total. The summed E-state index contributed by atoms with van der Waals surface area (Å²) < 4.78 is 0. The van der Waals surface area contributed by atoms with Crippen LogP contribution in [0.5, 0.6) is 0 Å². The lowest BCUT2D eigenvalue weighted by Crippen LogP contribution is -2.50. The molecule has 2 aromatic rings. The van der Waals surface area contributed by atoms with Crippen molar-refractivity contribution in [2.45, 2.75) is 39.2 Å². The molecule has 1 aromatic heterocycles. The van der Waals surface area contributed by atoms with Crippen LogP contribution in [-0.4, -0.2) is 47.4 Å². The molecule has 1 amide bonds. The second-order valence-corrected chi connectivity index (χ2v) is 7.97. The summed E-state index contributed by atoms with van der Waals surface area (Å²) in [7, 11) is 1.96. The van der Waals surface area contributed by atoms with Gasteiger partial charge in [0.1, 0.15) is 0 Å². The minimum Gasteiger partial charge on any atom is -0.345 e. The van der Waals surface area contributed by atoms with Gasteiger partial charge in [-0.15, -0.1) is 0 Å². The van der Waals surface area contributed by atoms with Crippen LogP contribution in [0.3, 0.4) is 0 Å². The minimum absolute atomic E-state index is 0.312. The van der Waals surface area contributed by atoms with Gasteiger partial charge in [0.05, 0.1) is 5.52 Å². The second-order valence-electron chi connectivity index (χ2n) is 7.97. The van der Waals surface area contributed by atoms with Crippen molar-refractivity contribution in [3.8, 4) is 0 Å². The van der Waals surface area contributed by atoms with E-state index in [-0.39, 0.29) is 0 Å². The summed E-state index contributed by atoms with van der Waals surface area (Å²) in [6.07, 6.45) is 6.08. The van der Waals surface area contributed by atoms with Gasteiger partial charge in [-0.2, -0.15) is 0 Å². The van der Waals surface area contributed by atoms with E-state index in [4.69, 9.17) is 0 Å². The van der Waals surface area contributed by atoms with Gasteiger partial charge in [-0.1, -0.05) is 18.2 Å². The van der Waals surface area contributed by atoms with E-state index in [2.05, 4.69) is 35.0 Å². The van der Waals surface area contributed by atoms with E-state index in [1.807, 2.05) is 24.2 Å². The van der Waals surface area contributed by atoms with Crippen molar-refractivity contribution in [2.75, 3.05) is 26.7 Å². The molecule has 3 heterocycles. The van der Waals surface area contributed by atoms with Crippen LogP contribution in [0.1, 0.15) is 36.8 Å². The van der Waals surface area contributed by atoms with Crippen LogP contribution in [0.4, 0.5) is 0 Å². The van der Waals surface area contributed by atoms with Crippen molar-refractivity contribution < 1.29 is 4.79 Å². The van der Waals surface area contributed by atoms with E-state index in [1.54, 1.807) is 0 Å². The van der Waals surface area contributed by atoms with Crippen LogP contribution in [0, 0.1) is 12.3 Å². The first kappa shape index (κ1) is 16.5. The van der Waals surface area contributed by atoms with Crippen molar-refractivity contribution in [3.63, 3.8) is 0 Å². The number of amides is 1. The average molecular weight is 337 g/mol. The Balaban J connectivity index is 1.46. The van der Waals surface area contributed by atoms with Crippen molar-refractivity contribution in [3.05, 3.63) is 41.6 Å². The zero-order valence-corrected chi connectivity index (χ0v) is 15.3. The number of piperidine rings is 2. The maximum absolute atomic E-state index is 11.8. The summed E-state index contributed by atoms with van der Waals surface area (Å²) in [6, 6.07) is 8.68. The number of pyridine rings is 1. The summed E-state index contributed by atoms with van der Waals surface area (Å²) in [6.45, 7) is 6.31. The molecule has 2 aliphatic rings. The summed E-state index contributed by atoms with van der Waals surface area (Å²) in [5, 5.41) is 1.28. The molecule has 0 atom stereocenters. The maximum Gasteiger partial charge on any atom is 0.222 e. The standard InChI is InChI=1S/C21H27N3O/c1-16-5-6-17(18-4-3-11-22-20(16)18)14-24-12-9-21(10-13-24)8-7-19(25)23(2)15-21/h3-6,11H,7-10,12-15H2,1-2H3. The molecule has 0 unspecified atom stereocenters. The highest BCUT2D eigenvalue weighted by atomic mass is 16.2. The van der Waals surface area contributed by atoms with Crippen molar-refractivity contribution >= 4 is 16.8 Å². The van der Waals surface area contributed by atoms with Crippen LogP contribution >= 0.6 is 0 Å². The van der Waals surface area contributed by atoms with Gasteiger partial charge in [0.2, 0.25) is 5.91 Å². The van der Waals surface area contributed by atoms with Crippen LogP contribution in [0.25, 0.3) is 10.9 Å². The average Bonchev–Trinajstić information content (AvgIpc) is 2.63. The molecule has 2 saturated heterocycles. The van der Waals surface area contributed by atoms with E-state index >= 15 is 0 Å². The number of nitrogens with zero attached hydrogens (tertiary/aromatic N) is 3. The zero-order chi connectivity index (χ0) is 17.4. The molecule has 0 radical (unpaired) electrons. The van der Waals surface area contributed by atoms with Gasteiger partial charge in [0.15, 0.2) is 0 Å². The molecule has 0 bridgehead atoms. The Bertz CT molecular complexity index is 793. The van der Waals surface area contributed by atoms with Gasteiger partial charge in [-0.25, -0.2) is 0 Å². The monoisotopic (exact) mass is 337 g/mol. The zero-order valence-electron chi connectivity index (χ0n) is 15.3. The molecule has 132 valence electrons.